The smallest absolute Gasteiger partial charge is 0.179 e. The van der Waals surface area contributed by atoms with Gasteiger partial charge in [-0.05, 0) is 19.1 Å². The third kappa shape index (κ3) is 1.84. The van der Waals surface area contributed by atoms with Gasteiger partial charge in [0.25, 0.3) is 0 Å². The number of hydrogen-bond acceptors (Lipinski definition) is 3. The topological polar surface area (TPSA) is 55.6 Å². The predicted molar refractivity (Wildman–Crippen MR) is 67.6 cm³/mol. The van der Waals surface area contributed by atoms with Crippen molar-refractivity contribution in [1.29, 1.82) is 0 Å². The molecule has 7 heteroatoms. The number of rotatable bonds is 3. The molecule has 5 nitrogen and oxygen atoms in total. The van der Waals surface area contributed by atoms with E-state index in [0.717, 1.165) is 16.9 Å². The van der Waals surface area contributed by atoms with E-state index in [9.17, 15) is 4.21 Å². The molecule has 2 aromatic heterocycles. The van der Waals surface area contributed by atoms with E-state index in [1.807, 2.05) is 18.5 Å². The third-order valence-corrected chi connectivity index (χ3v) is 3.61. The van der Waals surface area contributed by atoms with E-state index in [2.05, 4.69) is 10.1 Å². The van der Waals surface area contributed by atoms with Crippen LogP contribution in [0.2, 0.25) is 0 Å². The molecule has 0 fully saturated rings. The Labute approximate surface area is 101 Å². The Morgan fingerprint density at radius 3 is 2.88 bits per heavy atom. The normalized spacial score (nSPS) is 13.4. The summed E-state index contributed by atoms with van der Waals surface area (Å²) in [5, 5.41) is 4.32. The average Bonchev–Trinajstić information content (AvgIpc) is 2.63. The summed E-state index contributed by atoms with van der Waals surface area (Å²) in [6, 6.07) is 0. The number of aromatic nitrogens is 4. The molecular formula is C9H14N4OS2. The Kier molecular flexibility index (Phi) is 2.98. The van der Waals surface area contributed by atoms with E-state index < -0.39 is 10.8 Å². The van der Waals surface area contributed by atoms with Crippen molar-refractivity contribution in [2.24, 2.45) is 7.05 Å². The van der Waals surface area contributed by atoms with Crippen LogP contribution in [0.25, 0.3) is 11.2 Å². The van der Waals surface area contributed by atoms with Crippen LogP contribution < -0.4 is 0 Å². The van der Waals surface area contributed by atoms with E-state index in [1.54, 1.807) is 10.9 Å². The Morgan fingerprint density at radius 2 is 2.25 bits per heavy atom. The van der Waals surface area contributed by atoms with Crippen molar-refractivity contribution >= 4 is 34.2 Å². The van der Waals surface area contributed by atoms with Crippen LogP contribution in [-0.2, 0) is 24.4 Å². The van der Waals surface area contributed by atoms with E-state index in [0.29, 0.717) is 17.1 Å². The highest BCUT2D eigenvalue weighted by Crippen LogP contribution is 2.16. The van der Waals surface area contributed by atoms with Crippen LogP contribution in [0.4, 0.5) is 0 Å². The molecule has 1 unspecified atom stereocenters. The molecule has 0 bridgehead atoms. The van der Waals surface area contributed by atoms with Gasteiger partial charge in [0.1, 0.15) is 5.52 Å². The Hall–Kier alpha value is -0.950. The van der Waals surface area contributed by atoms with Crippen LogP contribution in [0, 0.1) is 11.7 Å². The number of aryl methyl sites for hydroxylation is 3. The van der Waals surface area contributed by atoms with Crippen LogP contribution >= 0.6 is 12.2 Å². The fourth-order valence-corrected chi connectivity index (χ4v) is 2.52. The van der Waals surface area contributed by atoms with Gasteiger partial charge in [0, 0.05) is 36.4 Å². The number of aromatic amines is 1. The average molecular weight is 258 g/mol. The summed E-state index contributed by atoms with van der Waals surface area (Å²) < 4.78 is 15.5. The maximum atomic E-state index is 11.1. The molecule has 0 amide bonds. The number of hydrogen-bond donors (Lipinski definition) is 1. The molecular weight excluding hydrogens is 244 g/mol. The largest absolute Gasteiger partial charge is 0.328 e. The molecule has 0 spiro atoms. The maximum absolute atomic E-state index is 11.1. The monoisotopic (exact) mass is 258 g/mol. The number of H-pyrrole nitrogens is 1. The van der Waals surface area contributed by atoms with Crippen LogP contribution in [0.15, 0.2) is 0 Å². The van der Waals surface area contributed by atoms with Crippen molar-refractivity contribution in [2.45, 2.75) is 13.5 Å². The molecule has 2 heterocycles. The Morgan fingerprint density at radius 1 is 1.56 bits per heavy atom. The van der Waals surface area contributed by atoms with Gasteiger partial charge in [-0.2, -0.15) is 5.10 Å². The zero-order valence-corrected chi connectivity index (χ0v) is 11.1. The fraction of sp³-hybridized carbons (Fsp3) is 0.556. The minimum Gasteiger partial charge on any atom is -0.328 e. The molecule has 2 rings (SSSR count). The lowest BCUT2D eigenvalue weighted by atomic mass is 10.4. The Bertz CT molecular complexity index is 607. The molecule has 1 N–H and O–H groups in total. The predicted octanol–water partition coefficient (Wildman–Crippen LogP) is 1.12. The molecule has 0 aromatic carbocycles. The van der Waals surface area contributed by atoms with Gasteiger partial charge >= 0.3 is 0 Å². The van der Waals surface area contributed by atoms with E-state index in [1.165, 1.54) is 0 Å². The lowest BCUT2D eigenvalue weighted by Crippen LogP contribution is -2.08. The molecule has 16 heavy (non-hydrogen) atoms. The number of nitrogens with one attached hydrogen (secondary N) is 1. The summed E-state index contributed by atoms with van der Waals surface area (Å²) in [5.74, 6) is 0.603. The zero-order chi connectivity index (χ0) is 11.9. The van der Waals surface area contributed by atoms with Crippen LogP contribution in [0.1, 0.15) is 5.69 Å². The van der Waals surface area contributed by atoms with Crippen LogP contribution in [0.3, 0.4) is 0 Å². The molecule has 0 aliphatic rings. The van der Waals surface area contributed by atoms with Gasteiger partial charge in [-0.3, -0.25) is 8.89 Å². The molecule has 0 radical (unpaired) electrons. The Balaban J connectivity index is 2.55. The molecule has 0 saturated carbocycles. The summed E-state index contributed by atoms with van der Waals surface area (Å²) in [5.41, 5.74) is 2.86. The summed E-state index contributed by atoms with van der Waals surface area (Å²) in [7, 11) is 1.07. The first-order chi connectivity index (χ1) is 7.50. The van der Waals surface area contributed by atoms with Crippen molar-refractivity contribution in [3.63, 3.8) is 0 Å². The molecule has 0 aliphatic heterocycles. The standard InChI is InChI=1S/C9H14N4OS2/c1-6-7-8(12(2)11-6)13(9(15)10-7)4-5-16(3)14/h4-5H2,1-3H3,(H,10,15). The van der Waals surface area contributed by atoms with Crippen molar-refractivity contribution in [1.82, 2.24) is 19.3 Å². The molecule has 2 aromatic rings. The number of imidazole rings is 1. The van der Waals surface area contributed by atoms with Crippen molar-refractivity contribution in [2.75, 3.05) is 12.0 Å². The van der Waals surface area contributed by atoms with Gasteiger partial charge in [-0.1, -0.05) is 0 Å². The third-order valence-electron chi connectivity index (χ3n) is 2.53. The number of fused-ring (bicyclic) bond motifs is 1. The highest BCUT2D eigenvalue weighted by atomic mass is 32.2. The summed E-state index contributed by atoms with van der Waals surface area (Å²) in [6.45, 7) is 2.59. The molecule has 0 aliphatic carbocycles. The summed E-state index contributed by atoms with van der Waals surface area (Å²) >= 11 is 5.25. The first kappa shape index (κ1) is 11.5. The van der Waals surface area contributed by atoms with Crippen LogP contribution in [-0.4, -0.2) is 35.5 Å². The minimum atomic E-state index is -0.812. The minimum absolute atomic E-state index is 0.603. The van der Waals surface area contributed by atoms with E-state index >= 15 is 0 Å². The van der Waals surface area contributed by atoms with Crippen molar-refractivity contribution < 1.29 is 4.21 Å². The van der Waals surface area contributed by atoms with Crippen LogP contribution in [0.5, 0.6) is 0 Å². The van der Waals surface area contributed by atoms with Gasteiger partial charge in [0.05, 0.1) is 5.69 Å². The second-order valence-electron chi connectivity index (χ2n) is 3.77. The highest BCUT2D eigenvalue weighted by molar-refractivity contribution is 7.84. The number of nitrogens with zero attached hydrogens (tertiary/aromatic N) is 3. The molecule has 1 atom stereocenters. The van der Waals surface area contributed by atoms with Crippen molar-refractivity contribution in [3.8, 4) is 0 Å². The summed E-state index contributed by atoms with van der Waals surface area (Å²) in [4.78, 5) is 3.14. The second kappa shape index (κ2) is 4.14. The SMILES string of the molecule is Cc1nn(C)c2c1[nH]c(=S)n2CCS(C)=O. The second-order valence-corrected chi connectivity index (χ2v) is 5.71. The first-order valence-corrected chi connectivity index (χ1v) is 7.06. The van der Waals surface area contributed by atoms with Gasteiger partial charge in [-0.25, -0.2) is 0 Å². The maximum Gasteiger partial charge on any atom is 0.179 e. The lowest BCUT2D eigenvalue weighted by Gasteiger charge is -2.02. The van der Waals surface area contributed by atoms with E-state index in [-0.39, 0.29) is 0 Å². The van der Waals surface area contributed by atoms with E-state index in [4.69, 9.17) is 12.2 Å². The zero-order valence-electron chi connectivity index (χ0n) is 9.48. The lowest BCUT2D eigenvalue weighted by molar-refractivity contribution is 0.671. The van der Waals surface area contributed by atoms with Gasteiger partial charge in [0.2, 0.25) is 0 Å². The van der Waals surface area contributed by atoms with Gasteiger partial charge in [0.15, 0.2) is 10.4 Å². The molecule has 0 saturated heterocycles. The van der Waals surface area contributed by atoms with Crippen molar-refractivity contribution in [3.05, 3.63) is 10.5 Å². The first-order valence-electron chi connectivity index (χ1n) is 4.93. The molecule has 88 valence electrons. The van der Waals surface area contributed by atoms with Gasteiger partial charge in [-0.15, -0.1) is 0 Å². The van der Waals surface area contributed by atoms with Gasteiger partial charge < -0.3 is 9.55 Å². The summed E-state index contributed by atoms with van der Waals surface area (Å²) in [6.07, 6.45) is 1.70. The highest BCUT2D eigenvalue weighted by Gasteiger charge is 2.12. The quantitative estimate of drug-likeness (QED) is 0.839. The fourth-order valence-electron chi connectivity index (χ4n) is 1.80.